The predicted octanol–water partition coefficient (Wildman–Crippen LogP) is 3.60. The van der Waals surface area contributed by atoms with Gasteiger partial charge in [0.05, 0.1) is 5.56 Å². The van der Waals surface area contributed by atoms with Crippen molar-refractivity contribution < 1.29 is 22.8 Å². The summed E-state index contributed by atoms with van der Waals surface area (Å²) in [5.41, 5.74) is 0.868. The molecule has 0 bridgehead atoms. The molecule has 1 aliphatic heterocycles. The van der Waals surface area contributed by atoms with E-state index in [4.69, 9.17) is 11.6 Å². The quantitative estimate of drug-likeness (QED) is 0.516. The van der Waals surface area contributed by atoms with Crippen molar-refractivity contribution in [3.05, 3.63) is 64.7 Å². The minimum absolute atomic E-state index is 0.0603. The van der Waals surface area contributed by atoms with E-state index in [0.717, 1.165) is 16.3 Å². The summed E-state index contributed by atoms with van der Waals surface area (Å²) in [7, 11) is -4.02. The number of hydrogen-bond donors (Lipinski definition) is 1. The summed E-state index contributed by atoms with van der Waals surface area (Å²) >= 11 is 5.99. The van der Waals surface area contributed by atoms with Gasteiger partial charge in [-0.2, -0.15) is 0 Å². The van der Waals surface area contributed by atoms with Gasteiger partial charge in [-0.15, -0.1) is 0 Å². The van der Waals surface area contributed by atoms with Crippen molar-refractivity contribution in [3.63, 3.8) is 0 Å². The first-order chi connectivity index (χ1) is 16.6. The Morgan fingerprint density at radius 1 is 1.06 bits per heavy atom. The molecule has 2 aromatic carbocycles. The number of benzene rings is 2. The second-order valence-electron chi connectivity index (χ2n) is 8.52. The molecule has 188 valence electrons. The molecule has 0 aromatic heterocycles. The summed E-state index contributed by atoms with van der Waals surface area (Å²) in [5, 5.41) is 3.47. The Morgan fingerprint density at radius 2 is 1.71 bits per heavy atom. The zero-order valence-electron chi connectivity index (χ0n) is 20.0. The Balaban J connectivity index is 1.82. The highest BCUT2D eigenvalue weighted by atomic mass is 35.5. The summed E-state index contributed by atoms with van der Waals surface area (Å²) in [6.45, 7) is 5.48. The maximum absolute atomic E-state index is 13.4. The lowest BCUT2D eigenvalue weighted by molar-refractivity contribution is -0.141. The van der Waals surface area contributed by atoms with E-state index < -0.39 is 27.9 Å². The molecule has 0 unspecified atom stereocenters. The summed E-state index contributed by atoms with van der Waals surface area (Å²) in [6.07, 6.45) is 0.858. The number of carbonyl (C=O) groups excluding carboxylic acids is 3. The molecule has 0 aliphatic carbocycles. The van der Waals surface area contributed by atoms with E-state index >= 15 is 0 Å². The van der Waals surface area contributed by atoms with Gasteiger partial charge in [-0.1, -0.05) is 49.7 Å². The fourth-order valence-electron chi connectivity index (χ4n) is 3.94. The third kappa shape index (κ3) is 5.85. The van der Waals surface area contributed by atoms with Crippen LogP contribution in [-0.2, 0) is 26.2 Å². The molecule has 1 heterocycles. The van der Waals surface area contributed by atoms with Crippen LogP contribution < -0.4 is 5.32 Å². The SMILES string of the molecule is CC[C@H](C(=O)N[C@@H](C)CC)N(Cc1ccc(Cl)cc1)C(=O)CCN1C(=O)c2ccccc2S1(=O)=O. The molecular formula is C25H30ClN3O5S. The van der Waals surface area contributed by atoms with Crippen molar-refractivity contribution in [1.82, 2.24) is 14.5 Å². The summed E-state index contributed by atoms with van der Waals surface area (Å²) in [4.78, 5) is 40.5. The van der Waals surface area contributed by atoms with Crippen molar-refractivity contribution in [2.24, 2.45) is 0 Å². The number of fused-ring (bicyclic) bond motifs is 1. The Bertz CT molecular complexity index is 1200. The van der Waals surface area contributed by atoms with E-state index in [1.807, 2.05) is 20.8 Å². The van der Waals surface area contributed by atoms with Crippen LogP contribution in [0.25, 0.3) is 0 Å². The van der Waals surface area contributed by atoms with Crippen LogP contribution in [-0.4, -0.2) is 54.0 Å². The average Bonchev–Trinajstić information content (AvgIpc) is 3.03. The average molecular weight is 520 g/mol. The van der Waals surface area contributed by atoms with Crippen LogP contribution in [0.4, 0.5) is 0 Å². The van der Waals surface area contributed by atoms with E-state index in [1.165, 1.54) is 17.0 Å². The molecule has 1 N–H and O–H groups in total. The predicted molar refractivity (Wildman–Crippen MR) is 133 cm³/mol. The smallest absolute Gasteiger partial charge is 0.269 e. The van der Waals surface area contributed by atoms with Gasteiger partial charge in [0.15, 0.2) is 0 Å². The first-order valence-corrected chi connectivity index (χ1v) is 13.4. The number of hydrogen-bond acceptors (Lipinski definition) is 5. The second kappa shape index (κ2) is 11.2. The van der Waals surface area contributed by atoms with E-state index in [9.17, 15) is 22.8 Å². The molecular weight excluding hydrogens is 490 g/mol. The van der Waals surface area contributed by atoms with E-state index in [1.54, 1.807) is 36.4 Å². The minimum Gasteiger partial charge on any atom is -0.352 e. The number of carbonyl (C=O) groups is 3. The van der Waals surface area contributed by atoms with Gasteiger partial charge in [-0.05, 0) is 49.6 Å². The van der Waals surface area contributed by atoms with Gasteiger partial charge in [0.25, 0.3) is 15.9 Å². The summed E-state index contributed by atoms with van der Waals surface area (Å²) < 4.78 is 26.4. The first kappa shape index (κ1) is 26.7. The van der Waals surface area contributed by atoms with E-state index in [0.29, 0.717) is 11.4 Å². The third-order valence-corrected chi connectivity index (χ3v) is 8.19. The minimum atomic E-state index is -4.02. The monoisotopic (exact) mass is 519 g/mol. The van der Waals surface area contributed by atoms with Crippen LogP contribution in [0, 0.1) is 0 Å². The molecule has 10 heteroatoms. The highest BCUT2D eigenvalue weighted by Gasteiger charge is 2.41. The maximum atomic E-state index is 13.4. The van der Waals surface area contributed by atoms with Crippen LogP contribution in [0.5, 0.6) is 0 Å². The molecule has 0 saturated heterocycles. The molecule has 0 saturated carbocycles. The standard InChI is InChI=1S/C25H30ClN3O5S/c1-4-17(3)27-24(31)21(5-2)28(16-18-10-12-19(26)13-11-18)23(30)14-15-29-25(32)20-8-6-7-9-22(20)35(29,33)34/h6-13,17,21H,4-5,14-16H2,1-3H3,(H,27,31)/t17-,21+/m0/s1. The molecule has 3 rings (SSSR count). The lowest BCUT2D eigenvalue weighted by Crippen LogP contribution is -2.51. The summed E-state index contributed by atoms with van der Waals surface area (Å²) in [5.74, 6) is -1.36. The molecule has 2 atom stereocenters. The molecule has 2 aromatic rings. The Labute approximate surface area is 211 Å². The molecule has 0 fully saturated rings. The fraction of sp³-hybridized carbons (Fsp3) is 0.400. The van der Waals surface area contributed by atoms with E-state index in [2.05, 4.69) is 5.32 Å². The number of amides is 3. The van der Waals surface area contributed by atoms with Crippen molar-refractivity contribution in [3.8, 4) is 0 Å². The lowest BCUT2D eigenvalue weighted by Gasteiger charge is -2.32. The number of halogens is 1. The fourth-order valence-corrected chi connectivity index (χ4v) is 5.64. The van der Waals surface area contributed by atoms with Gasteiger partial charge >= 0.3 is 0 Å². The van der Waals surface area contributed by atoms with Crippen LogP contribution in [0.3, 0.4) is 0 Å². The first-order valence-electron chi connectivity index (χ1n) is 11.6. The van der Waals surface area contributed by atoms with Gasteiger partial charge in [0.1, 0.15) is 10.9 Å². The van der Waals surface area contributed by atoms with Crippen LogP contribution in [0.1, 0.15) is 56.0 Å². The zero-order chi connectivity index (χ0) is 25.8. The van der Waals surface area contributed by atoms with Gasteiger partial charge in [-0.25, -0.2) is 12.7 Å². The third-order valence-electron chi connectivity index (χ3n) is 6.09. The Hall–Kier alpha value is -2.91. The maximum Gasteiger partial charge on any atom is 0.269 e. The molecule has 1 aliphatic rings. The zero-order valence-corrected chi connectivity index (χ0v) is 21.6. The Morgan fingerprint density at radius 3 is 2.31 bits per heavy atom. The largest absolute Gasteiger partial charge is 0.352 e. The highest BCUT2D eigenvalue weighted by Crippen LogP contribution is 2.30. The molecule has 0 radical (unpaired) electrons. The molecule has 3 amide bonds. The van der Waals surface area contributed by atoms with Gasteiger partial charge < -0.3 is 10.2 Å². The van der Waals surface area contributed by atoms with E-state index in [-0.39, 0.29) is 41.9 Å². The van der Waals surface area contributed by atoms with Crippen molar-refractivity contribution in [2.45, 2.75) is 63.6 Å². The summed E-state index contributed by atoms with van der Waals surface area (Å²) in [6, 6.07) is 12.1. The van der Waals surface area contributed by atoms with Crippen LogP contribution in [0.15, 0.2) is 53.4 Å². The normalized spacial score (nSPS) is 15.9. The Kier molecular flexibility index (Phi) is 8.56. The highest BCUT2D eigenvalue weighted by molar-refractivity contribution is 7.90. The number of sulfonamides is 1. The van der Waals surface area contributed by atoms with Crippen LogP contribution in [0.2, 0.25) is 5.02 Å². The van der Waals surface area contributed by atoms with Gasteiger partial charge in [0, 0.05) is 30.6 Å². The van der Waals surface area contributed by atoms with Crippen LogP contribution >= 0.6 is 11.6 Å². The number of nitrogens with zero attached hydrogens (tertiary/aromatic N) is 2. The molecule has 0 spiro atoms. The number of rotatable bonds is 10. The molecule has 8 nitrogen and oxygen atoms in total. The number of nitrogens with one attached hydrogen (secondary N) is 1. The second-order valence-corrected chi connectivity index (χ2v) is 10.8. The van der Waals surface area contributed by atoms with Crippen molar-refractivity contribution in [1.29, 1.82) is 0 Å². The topological polar surface area (TPSA) is 104 Å². The van der Waals surface area contributed by atoms with Gasteiger partial charge in [-0.3, -0.25) is 14.4 Å². The van der Waals surface area contributed by atoms with Gasteiger partial charge in [0.2, 0.25) is 11.8 Å². The lowest BCUT2D eigenvalue weighted by atomic mass is 10.1. The van der Waals surface area contributed by atoms with Crippen molar-refractivity contribution in [2.75, 3.05) is 6.54 Å². The van der Waals surface area contributed by atoms with Crippen molar-refractivity contribution >= 4 is 39.3 Å². The molecule has 35 heavy (non-hydrogen) atoms.